The number of aromatic amines is 1. The molecule has 1 N–H and O–H groups in total. The first kappa shape index (κ1) is 19.4. The number of carbonyl (C=O) groups excluding carboxylic acids is 1. The number of methoxy groups -OCH3 is 1. The molecule has 7 nitrogen and oxygen atoms in total. The Balaban J connectivity index is 1.83. The van der Waals surface area contributed by atoms with Gasteiger partial charge in [0.15, 0.2) is 17.3 Å². The van der Waals surface area contributed by atoms with Gasteiger partial charge in [0.1, 0.15) is 5.82 Å². The molecule has 0 aliphatic heterocycles. The van der Waals surface area contributed by atoms with E-state index in [2.05, 4.69) is 15.3 Å². The number of aryl methyl sites for hydroxylation is 1. The maximum Gasteiger partial charge on any atom is 0.346 e. The van der Waals surface area contributed by atoms with Gasteiger partial charge < -0.3 is 9.47 Å². The molecule has 0 atom stereocenters. The van der Waals surface area contributed by atoms with Crippen LogP contribution < -0.4 is 9.47 Å². The van der Waals surface area contributed by atoms with Gasteiger partial charge in [-0.15, -0.1) is 0 Å². The van der Waals surface area contributed by atoms with Gasteiger partial charge in [0.25, 0.3) is 0 Å². The summed E-state index contributed by atoms with van der Waals surface area (Å²) in [5, 5.41) is 11.1. The zero-order chi connectivity index (χ0) is 20.1. The molecule has 0 spiro atoms. The monoisotopic (exact) mass is 400 g/mol. The number of esters is 1. The number of rotatable bonds is 6. The zero-order valence-corrected chi connectivity index (χ0v) is 16.0. The Morgan fingerprint density at radius 3 is 2.82 bits per heavy atom. The Morgan fingerprint density at radius 1 is 1.32 bits per heavy atom. The van der Waals surface area contributed by atoms with Crippen LogP contribution in [0.5, 0.6) is 11.5 Å². The molecule has 28 heavy (non-hydrogen) atoms. The second kappa shape index (κ2) is 8.57. The average molecular weight is 400 g/mol. The molecule has 0 saturated heterocycles. The van der Waals surface area contributed by atoms with Crippen LogP contribution in [0.3, 0.4) is 0 Å². The fraction of sp³-hybridized carbons (Fsp3) is 0.158. The third kappa shape index (κ3) is 4.15. The standard InChI is InChI=1S/C19H17FN4O3S/c1-3-17-22-23-19(28)24(17)21-11-12-8-9-15(16(10-12)26-2)27-18(25)13-6-4-5-7-14(13)20/h4-11H,3H2,1-2H3,(H,23,28). The number of carbonyl (C=O) groups is 1. The van der Waals surface area contributed by atoms with Crippen molar-refractivity contribution < 1.29 is 18.7 Å². The summed E-state index contributed by atoms with van der Waals surface area (Å²) in [5.41, 5.74) is 0.532. The van der Waals surface area contributed by atoms with Crippen molar-refractivity contribution in [3.63, 3.8) is 0 Å². The third-order valence-corrected chi connectivity index (χ3v) is 4.10. The molecule has 0 fully saturated rings. The van der Waals surface area contributed by atoms with Gasteiger partial charge in [-0.25, -0.2) is 9.18 Å². The molecule has 0 saturated carbocycles. The van der Waals surface area contributed by atoms with Crippen LogP contribution in [0.25, 0.3) is 0 Å². The summed E-state index contributed by atoms with van der Waals surface area (Å²) in [7, 11) is 1.44. The molecular weight excluding hydrogens is 383 g/mol. The van der Waals surface area contributed by atoms with Gasteiger partial charge in [-0.2, -0.15) is 14.9 Å². The molecule has 1 heterocycles. The predicted octanol–water partition coefficient (Wildman–Crippen LogP) is 3.75. The second-order valence-electron chi connectivity index (χ2n) is 5.63. The lowest BCUT2D eigenvalue weighted by atomic mass is 10.2. The Bertz CT molecular complexity index is 1090. The van der Waals surface area contributed by atoms with Crippen LogP contribution in [-0.4, -0.2) is 34.2 Å². The second-order valence-corrected chi connectivity index (χ2v) is 6.02. The van der Waals surface area contributed by atoms with Crippen molar-refractivity contribution in [2.24, 2.45) is 5.10 Å². The third-order valence-electron chi connectivity index (χ3n) is 3.84. The lowest BCUT2D eigenvalue weighted by Crippen LogP contribution is -2.11. The first-order chi connectivity index (χ1) is 13.5. The van der Waals surface area contributed by atoms with E-state index >= 15 is 0 Å². The molecule has 2 aromatic carbocycles. The van der Waals surface area contributed by atoms with Crippen molar-refractivity contribution in [2.45, 2.75) is 13.3 Å². The highest BCUT2D eigenvalue weighted by Gasteiger charge is 2.16. The van der Waals surface area contributed by atoms with Gasteiger partial charge in [0.2, 0.25) is 4.77 Å². The van der Waals surface area contributed by atoms with Gasteiger partial charge in [-0.1, -0.05) is 19.1 Å². The molecule has 9 heteroatoms. The highest BCUT2D eigenvalue weighted by Crippen LogP contribution is 2.28. The zero-order valence-electron chi connectivity index (χ0n) is 15.2. The molecule has 3 rings (SSSR count). The summed E-state index contributed by atoms with van der Waals surface area (Å²) in [6, 6.07) is 10.5. The normalized spacial score (nSPS) is 11.0. The van der Waals surface area contributed by atoms with E-state index in [1.54, 1.807) is 30.5 Å². The van der Waals surface area contributed by atoms with E-state index < -0.39 is 11.8 Å². The van der Waals surface area contributed by atoms with E-state index in [0.29, 0.717) is 28.3 Å². The van der Waals surface area contributed by atoms with E-state index in [4.69, 9.17) is 21.7 Å². The number of halogens is 1. The fourth-order valence-electron chi connectivity index (χ4n) is 2.43. The predicted molar refractivity (Wildman–Crippen MR) is 104 cm³/mol. The van der Waals surface area contributed by atoms with Crippen LogP contribution >= 0.6 is 12.2 Å². The number of benzene rings is 2. The molecule has 0 bridgehead atoms. The first-order valence-electron chi connectivity index (χ1n) is 8.39. The number of H-pyrrole nitrogens is 1. The van der Waals surface area contributed by atoms with Crippen molar-refractivity contribution in [3.8, 4) is 11.5 Å². The summed E-state index contributed by atoms with van der Waals surface area (Å²) in [6.45, 7) is 1.94. The van der Waals surface area contributed by atoms with Crippen LogP contribution in [-0.2, 0) is 6.42 Å². The SMILES string of the molecule is CCc1n[nH]c(=S)n1N=Cc1ccc(OC(=O)c2ccccc2F)c(OC)c1. The van der Waals surface area contributed by atoms with Gasteiger partial charge in [0, 0.05) is 6.42 Å². The maximum absolute atomic E-state index is 13.8. The maximum atomic E-state index is 13.8. The Kier molecular flexibility index (Phi) is 5.95. The van der Waals surface area contributed by atoms with Gasteiger partial charge in [0.05, 0.1) is 18.9 Å². The number of nitrogens with zero attached hydrogens (tertiary/aromatic N) is 3. The number of hydrogen-bond donors (Lipinski definition) is 1. The molecule has 0 aliphatic carbocycles. The minimum absolute atomic E-state index is 0.156. The molecule has 0 unspecified atom stereocenters. The van der Waals surface area contributed by atoms with Crippen molar-refractivity contribution in [2.75, 3.05) is 7.11 Å². The quantitative estimate of drug-likeness (QED) is 0.295. The van der Waals surface area contributed by atoms with Gasteiger partial charge in [-0.05, 0) is 48.1 Å². The average Bonchev–Trinajstić information content (AvgIpc) is 3.07. The van der Waals surface area contributed by atoms with Crippen LogP contribution in [0.15, 0.2) is 47.6 Å². The lowest BCUT2D eigenvalue weighted by Gasteiger charge is -2.10. The Hall–Kier alpha value is -3.33. The number of hydrogen-bond acceptors (Lipinski definition) is 6. The van der Waals surface area contributed by atoms with Crippen molar-refractivity contribution >= 4 is 24.4 Å². The largest absolute Gasteiger partial charge is 0.493 e. The number of aromatic nitrogens is 3. The number of nitrogens with one attached hydrogen (secondary N) is 1. The molecule has 0 radical (unpaired) electrons. The van der Waals surface area contributed by atoms with Crippen molar-refractivity contribution in [1.29, 1.82) is 0 Å². The Labute approximate surface area is 165 Å². The van der Waals surface area contributed by atoms with E-state index in [9.17, 15) is 9.18 Å². The highest BCUT2D eigenvalue weighted by atomic mass is 32.1. The summed E-state index contributed by atoms with van der Waals surface area (Å²) in [4.78, 5) is 12.2. The summed E-state index contributed by atoms with van der Waals surface area (Å²) in [6.07, 6.45) is 2.24. The molecule has 0 amide bonds. The fourth-order valence-corrected chi connectivity index (χ4v) is 2.63. The van der Waals surface area contributed by atoms with Gasteiger partial charge >= 0.3 is 5.97 Å². The van der Waals surface area contributed by atoms with Crippen LogP contribution in [0.4, 0.5) is 4.39 Å². The minimum Gasteiger partial charge on any atom is -0.493 e. The summed E-state index contributed by atoms with van der Waals surface area (Å²) in [5.74, 6) is -0.292. The smallest absolute Gasteiger partial charge is 0.346 e. The molecule has 3 aromatic rings. The molecule has 144 valence electrons. The van der Waals surface area contributed by atoms with E-state index in [-0.39, 0.29) is 11.3 Å². The molecular formula is C19H17FN4O3S. The van der Waals surface area contributed by atoms with Crippen molar-refractivity contribution in [1.82, 2.24) is 14.9 Å². The van der Waals surface area contributed by atoms with Crippen LogP contribution in [0.2, 0.25) is 0 Å². The van der Waals surface area contributed by atoms with Crippen molar-refractivity contribution in [3.05, 3.63) is 70.0 Å². The van der Waals surface area contributed by atoms with Gasteiger partial charge in [-0.3, -0.25) is 5.10 Å². The number of ether oxygens (including phenoxy) is 2. The van der Waals surface area contributed by atoms with Crippen LogP contribution in [0.1, 0.15) is 28.7 Å². The van der Waals surface area contributed by atoms with E-state index in [0.717, 1.165) is 0 Å². The summed E-state index contributed by atoms with van der Waals surface area (Å²) >= 11 is 5.15. The first-order valence-corrected chi connectivity index (χ1v) is 8.79. The highest BCUT2D eigenvalue weighted by molar-refractivity contribution is 7.71. The van der Waals surface area contributed by atoms with Crippen LogP contribution in [0, 0.1) is 10.6 Å². The van der Waals surface area contributed by atoms with E-state index in [1.165, 1.54) is 30.0 Å². The topological polar surface area (TPSA) is 81.5 Å². The minimum atomic E-state index is -0.810. The molecule has 1 aromatic heterocycles. The Morgan fingerprint density at radius 2 is 2.11 bits per heavy atom. The lowest BCUT2D eigenvalue weighted by molar-refractivity contribution is 0.0725. The molecule has 0 aliphatic rings. The van der Waals surface area contributed by atoms with E-state index in [1.807, 2.05) is 6.92 Å². The summed E-state index contributed by atoms with van der Waals surface area (Å²) < 4.78 is 26.2.